The molecule has 1 aliphatic rings. The van der Waals surface area contributed by atoms with Crippen LogP contribution in [0, 0.1) is 25.2 Å². The first kappa shape index (κ1) is 18.0. The minimum absolute atomic E-state index is 0.496. The Balaban J connectivity index is 1.80. The van der Waals surface area contributed by atoms with Gasteiger partial charge >= 0.3 is 0 Å². The Kier molecular flexibility index (Phi) is 4.22. The lowest BCUT2D eigenvalue weighted by Gasteiger charge is -2.23. The second-order valence-corrected chi connectivity index (χ2v) is 7.43. The zero-order chi connectivity index (χ0) is 20.7. The zero-order valence-corrected chi connectivity index (χ0v) is 16.7. The molecule has 0 spiro atoms. The third-order valence-electron chi connectivity index (χ3n) is 5.27. The number of imidazole rings is 1. The predicted molar refractivity (Wildman–Crippen MR) is 119 cm³/mol. The Hall–Kier alpha value is -4.10. The Labute approximate surface area is 174 Å². The number of fused-ring (bicyclic) bond motifs is 2. The lowest BCUT2D eigenvalue weighted by Crippen LogP contribution is -2.07. The number of aromatic nitrogens is 2. The summed E-state index contributed by atoms with van der Waals surface area (Å²) < 4.78 is 6.29. The van der Waals surface area contributed by atoms with E-state index >= 15 is 0 Å². The van der Waals surface area contributed by atoms with Crippen LogP contribution in [0.4, 0.5) is 0 Å². The smallest absolute Gasteiger partial charge is 0.149 e. The molecule has 3 aromatic carbocycles. The van der Waals surface area contributed by atoms with Crippen LogP contribution in [-0.2, 0) is 0 Å². The van der Waals surface area contributed by atoms with Crippen molar-refractivity contribution in [2.24, 2.45) is 0 Å². The molecule has 0 radical (unpaired) electrons. The Morgan fingerprint density at radius 1 is 1.00 bits per heavy atom. The number of ether oxygens (including phenoxy) is 1. The lowest BCUT2D eigenvalue weighted by molar-refractivity contribution is 0.508. The van der Waals surface area contributed by atoms with E-state index in [4.69, 9.17) is 4.74 Å². The Morgan fingerprint density at radius 2 is 1.77 bits per heavy atom. The van der Waals surface area contributed by atoms with Gasteiger partial charge in [-0.2, -0.15) is 5.26 Å². The molecule has 0 bridgehead atoms. The van der Waals surface area contributed by atoms with Gasteiger partial charge < -0.3 is 9.72 Å². The van der Waals surface area contributed by atoms with E-state index in [0.717, 1.165) is 44.6 Å². The number of hydrogen-bond acceptors (Lipinski definition) is 3. The van der Waals surface area contributed by atoms with Crippen LogP contribution in [0.2, 0.25) is 0 Å². The maximum atomic E-state index is 10.1. The van der Waals surface area contributed by atoms with E-state index < -0.39 is 0 Å². The summed E-state index contributed by atoms with van der Waals surface area (Å²) in [5.74, 6) is 2.03. The predicted octanol–water partition coefficient (Wildman–Crippen LogP) is 6.05. The maximum Gasteiger partial charge on any atom is 0.149 e. The van der Waals surface area contributed by atoms with Gasteiger partial charge in [0.1, 0.15) is 29.0 Å². The normalized spacial score (nSPS) is 14.5. The first-order valence-corrected chi connectivity index (χ1v) is 9.80. The van der Waals surface area contributed by atoms with Crippen molar-refractivity contribution in [3.05, 3.63) is 101 Å². The van der Waals surface area contributed by atoms with Gasteiger partial charge in [0.15, 0.2) is 0 Å². The highest BCUT2D eigenvalue weighted by molar-refractivity contribution is 6.06. The highest BCUT2D eigenvalue weighted by Gasteiger charge is 2.25. The van der Waals surface area contributed by atoms with Crippen molar-refractivity contribution in [1.82, 2.24) is 9.97 Å². The molecule has 4 aromatic rings. The van der Waals surface area contributed by atoms with Crippen molar-refractivity contribution >= 4 is 27.9 Å². The fraction of sp³-hybridized carbons (Fsp3) is 0.0769. The summed E-state index contributed by atoms with van der Waals surface area (Å²) in [5.41, 5.74) is 7.11. The zero-order valence-electron chi connectivity index (χ0n) is 16.7. The van der Waals surface area contributed by atoms with Crippen molar-refractivity contribution in [1.29, 1.82) is 5.26 Å². The number of nitriles is 1. The topological polar surface area (TPSA) is 61.7 Å². The molecule has 5 rings (SSSR count). The molecule has 0 fully saturated rings. The summed E-state index contributed by atoms with van der Waals surface area (Å²) in [6.07, 6.45) is 1.95. The monoisotopic (exact) mass is 389 g/mol. The Bertz CT molecular complexity index is 1350. The summed E-state index contributed by atoms with van der Waals surface area (Å²) in [5, 5.41) is 10.1. The van der Waals surface area contributed by atoms with E-state index in [1.54, 1.807) is 0 Å². The van der Waals surface area contributed by atoms with E-state index in [2.05, 4.69) is 22.1 Å². The third-order valence-corrected chi connectivity index (χ3v) is 5.27. The van der Waals surface area contributed by atoms with E-state index in [9.17, 15) is 5.26 Å². The summed E-state index contributed by atoms with van der Waals surface area (Å²) in [7, 11) is 0. The van der Waals surface area contributed by atoms with Gasteiger partial charge in [-0.15, -0.1) is 0 Å². The van der Waals surface area contributed by atoms with Gasteiger partial charge in [0.25, 0.3) is 0 Å². The van der Waals surface area contributed by atoms with Crippen molar-refractivity contribution in [3.8, 4) is 11.8 Å². The number of aromatic amines is 1. The van der Waals surface area contributed by atoms with Crippen molar-refractivity contribution in [3.63, 3.8) is 0 Å². The minimum Gasteiger partial charge on any atom is -0.456 e. The molecule has 4 nitrogen and oxygen atoms in total. The molecule has 0 aliphatic carbocycles. The molecule has 1 aromatic heterocycles. The molecular weight excluding hydrogens is 370 g/mol. The van der Waals surface area contributed by atoms with Crippen molar-refractivity contribution in [2.75, 3.05) is 0 Å². The molecule has 1 N–H and O–H groups in total. The number of rotatable bonds is 2. The molecule has 0 unspecified atom stereocenters. The highest BCUT2D eigenvalue weighted by Crippen LogP contribution is 2.42. The summed E-state index contributed by atoms with van der Waals surface area (Å²) in [6, 6.07) is 24.2. The summed E-state index contributed by atoms with van der Waals surface area (Å²) in [4.78, 5) is 7.97. The van der Waals surface area contributed by atoms with Gasteiger partial charge in [-0.05, 0) is 49.2 Å². The molecule has 0 amide bonds. The van der Waals surface area contributed by atoms with E-state index in [0.29, 0.717) is 17.2 Å². The molecule has 30 heavy (non-hydrogen) atoms. The van der Waals surface area contributed by atoms with Crippen LogP contribution in [0.5, 0.6) is 5.75 Å². The molecule has 144 valence electrons. The quantitative estimate of drug-likeness (QED) is 0.425. The largest absolute Gasteiger partial charge is 0.456 e. The Morgan fingerprint density at radius 3 is 2.53 bits per heavy atom. The second kappa shape index (κ2) is 7.06. The van der Waals surface area contributed by atoms with Crippen LogP contribution in [0.15, 0.2) is 72.8 Å². The minimum atomic E-state index is 0.496. The number of para-hydroxylation sites is 2. The number of aryl methyl sites for hydroxylation is 2. The average molecular weight is 389 g/mol. The fourth-order valence-corrected chi connectivity index (χ4v) is 3.96. The van der Waals surface area contributed by atoms with Gasteiger partial charge in [-0.3, -0.25) is 0 Å². The number of allylic oxidation sites excluding steroid dienone is 3. The first-order chi connectivity index (χ1) is 14.6. The molecule has 0 atom stereocenters. The van der Waals surface area contributed by atoms with Gasteiger partial charge in [0.05, 0.1) is 11.0 Å². The van der Waals surface area contributed by atoms with Crippen LogP contribution >= 0.6 is 0 Å². The van der Waals surface area contributed by atoms with Crippen LogP contribution < -0.4 is 4.74 Å². The van der Waals surface area contributed by atoms with Gasteiger partial charge in [-0.1, -0.05) is 48.5 Å². The van der Waals surface area contributed by atoms with Gasteiger partial charge in [0, 0.05) is 16.7 Å². The van der Waals surface area contributed by atoms with Gasteiger partial charge in [-0.25, -0.2) is 4.98 Å². The number of hydrogen-bond donors (Lipinski definition) is 1. The highest BCUT2D eigenvalue weighted by atomic mass is 16.5. The average Bonchev–Trinajstić information content (AvgIpc) is 3.18. The lowest BCUT2D eigenvalue weighted by atomic mass is 9.90. The number of H-pyrrole nitrogens is 1. The first-order valence-electron chi connectivity index (χ1n) is 9.80. The standard InChI is InChI=1S/C26H19N3O/c1-16-12-17(2)25-19(14-23(30-24(25)13-16)18-8-4-3-5-9-18)20(15-27)26-28-21-10-6-7-11-22(21)29-26/h3-14H,1-2H3,(H,28,29)/b20-19+. The fourth-order valence-electron chi connectivity index (χ4n) is 3.96. The number of nitrogens with zero attached hydrogens (tertiary/aromatic N) is 2. The summed E-state index contributed by atoms with van der Waals surface area (Å²) >= 11 is 0. The molecule has 2 heterocycles. The maximum absolute atomic E-state index is 10.1. The third kappa shape index (κ3) is 2.98. The molecule has 1 aliphatic heterocycles. The number of benzene rings is 3. The van der Waals surface area contributed by atoms with E-state index in [-0.39, 0.29) is 0 Å². The van der Waals surface area contributed by atoms with Crippen molar-refractivity contribution in [2.45, 2.75) is 13.8 Å². The molecule has 0 saturated carbocycles. The van der Waals surface area contributed by atoms with Crippen LogP contribution in [-0.4, -0.2) is 9.97 Å². The van der Waals surface area contributed by atoms with E-state index in [1.807, 2.05) is 80.6 Å². The second-order valence-electron chi connectivity index (χ2n) is 7.43. The number of nitrogens with one attached hydrogen (secondary N) is 1. The molecule has 4 heteroatoms. The SMILES string of the molecule is Cc1cc(C)c2c(c1)OC(c1ccccc1)=C/C2=C(/C#N)c1nc2ccccc2[nH]1. The molecular formula is C26H19N3O. The van der Waals surface area contributed by atoms with Gasteiger partial charge in [0.2, 0.25) is 0 Å². The van der Waals surface area contributed by atoms with Crippen LogP contribution in [0.25, 0.3) is 27.9 Å². The van der Waals surface area contributed by atoms with Crippen LogP contribution in [0.1, 0.15) is 28.1 Å². The van der Waals surface area contributed by atoms with Crippen LogP contribution in [0.3, 0.4) is 0 Å². The van der Waals surface area contributed by atoms with E-state index in [1.165, 1.54) is 0 Å². The summed E-state index contributed by atoms with van der Waals surface area (Å²) in [6.45, 7) is 4.09. The van der Waals surface area contributed by atoms with Crippen molar-refractivity contribution < 1.29 is 4.74 Å². The molecule has 0 saturated heterocycles.